The topological polar surface area (TPSA) is 123 Å². The predicted molar refractivity (Wildman–Crippen MR) is 123 cm³/mol. The molecule has 1 aliphatic heterocycles. The van der Waals surface area contributed by atoms with Crippen molar-refractivity contribution in [3.05, 3.63) is 54.2 Å². The fraction of sp³-hybridized carbons (Fsp3) is 0.348. The summed E-state index contributed by atoms with van der Waals surface area (Å²) < 4.78 is 0. The quantitative estimate of drug-likeness (QED) is 0.598. The van der Waals surface area contributed by atoms with Crippen LogP contribution in [0.25, 0.3) is 0 Å². The zero-order valence-corrected chi connectivity index (χ0v) is 18.5. The molecule has 2 aromatic rings. The lowest BCUT2D eigenvalue weighted by molar-refractivity contribution is -0.117. The molecule has 1 unspecified atom stereocenters. The van der Waals surface area contributed by atoms with Gasteiger partial charge < -0.3 is 20.9 Å². The zero-order valence-electron chi connectivity index (χ0n) is 18.5. The summed E-state index contributed by atoms with van der Waals surface area (Å²) in [5, 5.41) is 18.4. The number of carbonyl (C=O) groups is 2. The molecule has 1 aromatic carbocycles. The molecule has 1 saturated heterocycles. The van der Waals surface area contributed by atoms with E-state index in [1.54, 1.807) is 24.3 Å². The van der Waals surface area contributed by atoms with Gasteiger partial charge in [0.25, 0.3) is 5.91 Å². The predicted octanol–water partition coefficient (Wildman–Crippen LogP) is 2.50. The molecular weight excluding hydrogens is 406 g/mol. The summed E-state index contributed by atoms with van der Waals surface area (Å²) in [5.41, 5.74) is 1.21. The van der Waals surface area contributed by atoms with Crippen LogP contribution in [0.2, 0.25) is 0 Å². The lowest BCUT2D eigenvalue weighted by Crippen LogP contribution is -2.40. The maximum absolute atomic E-state index is 12.3. The number of amides is 2. The van der Waals surface area contributed by atoms with Gasteiger partial charge in [-0.1, -0.05) is 6.58 Å². The molecule has 9 heteroatoms. The van der Waals surface area contributed by atoms with Gasteiger partial charge in [0.15, 0.2) is 5.82 Å². The Bertz CT molecular complexity index is 1050. The minimum Gasteiger partial charge on any atom is -0.348 e. The number of hydrogen-bond donors (Lipinski definition) is 3. The number of rotatable bonds is 6. The second kappa shape index (κ2) is 9.47. The first kappa shape index (κ1) is 22.7. The van der Waals surface area contributed by atoms with Crippen molar-refractivity contribution in [2.45, 2.75) is 38.8 Å². The Morgan fingerprint density at radius 1 is 1.28 bits per heavy atom. The van der Waals surface area contributed by atoms with Crippen molar-refractivity contribution >= 4 is 29.3 Å². The second-order valence-electron chi connectivity index (χ2n) is 8.59. The van der Waals surface area contributed by atoms with E-state index in [9.17, 15) is 14.9 Å². The van der Waals surface area contributed by atoms with Crippen molar-refractivity contribution < 1.29 is 9.59 Å². The van der Waals surface area contributed by atoms with Crippen LogP contribution in [0.3, 0.4) is 0 Å². The summed E-state index contributed by atoms with van der Waals surface area (Å²) in [4.78, 5) is 34.6. The zero-order chi connectivity index (χ0) is 23.3. The molecule has 1 aliphatic rings. The molecule has 1 atom stereocenters. The van der Waals surface area contributed by atoms with Gasteiger partial charge in [-0.2, -0.15) is 10.2 Å². The normalized spacial score (nSPS) is 15.6. The van der Waals surface area contributed by atoms with Crippen LogP contribution < -0.4 is 20.9 Å². The van der Waals surface area contributed by atoms with Gasteiger partial charge in [0.05, 0.1) is 6.20 Å². The highest BCUT2D eigenvalue weighted by molar-refractivity contribution is 5.95. The van der Waals surface area contributed by atoms with Crippen molar-refractivity contribution in [1.82, 2.24) is 20.6 Å². The Balaban J connectivity index is 1.73. The molecular formula is C23H27N7O2. The van der Waals surface area contributed by atoms with E-state index in [1.807, 2.05) is 25.7 Å². The maximum Gasteiger partial charge on any atom is 0.251 e. The summed E-state index contributed by atoms with van der Waals surface area (Å²) >= 11 is 0. The van der Waals surface area contributed by atoms with Crippen molar-refractivity contribution in [3.8, 4) is 6.07 Å². The number of nitriles is 1. The van der Waals surface area contributed by atoms with E-state index >= 15 is 0 Å². The molecule has 32 heavy (non-hydrogen) atoms. The van der Waals surface area contributed by atoms with E-state index < -0.39 is 0 Å². The van der Waals surface area contributed by atoms with Crippen LogP contribution in [0, 0.1) is 11.3 Å². The Kier molecular flexibility index (Phi) is 6.73. The van der Waals surface area contributed by atoms with Gasteiger partial charge in [-0.3, -0.25) is 9.59 Å². The van der Waals surface area contributed by atoms with Crippen LogP contribution in [-0.2, 0) is 4.79 Å². The highest BCUT2D eigenvalue weighted by atomic mass is 16.2. The smallest absolute Gasteiger partial charge is 0.251 e. The average Bonchev–Trinajstić information content (AvgIpc) is 3.21. The number of nitrogens with zero attached hydrogens (tertiary/aromatic N) is 4. The molecule has 0 radical (unpaired) electrons. The molecule has 0 bridgehead atoms. The van der Waals surface area contributed by atoms with Gasteiger partial charge in [-0.05, 0) is 57.5 Å². The lowest BCUT2D eigenvalue weighted by Gasteiger charge is -2.20. The standard InChI is InChI=1S/C23H27N7O2/c1-5-19(31)26-18-10-11-30(14-18)22-25-13-16(12-24)20(28-22)27-17-8-6-15(7-9-17)21(32)29-23(2,3)4/h5-9,13,18H,1,10-11,14H2,2-4H3,(H,26,31)(H,29,32)(H,25,27,28). The van der Waals surface area contributed by atoms with Crippen LogP contribution in [0.1, 0.15) is 43.1 Å². The fourth-order valence-corrected chi connectivity index (χ4v) is 3.28. The molecule has 166 valence electrons. The van der Waals surface area contributed by atoms with Crippen LogP contribution >= 0.6 is 0 Å². The summed E-state index contributed by atoms with van der Waals surface area (Å²) in [6.45, 7) is 10.5. The van der Waals surface area contributed by atoms with Gasteiger partial charge in [-0.15, -0.1) is 0 Å². The minimum absolute atomic E-state index is 0.0112. The van der Waals surface area contributed by atoms with Crippen LogP contribution in [0.5, 0.6) is 0 Å². The van der Waals surface area contributed by atoms with Gasteiger partial charge in [-0.25, -0.2) is 4.98 Å². The highest BCUT2D eigenvalue weighted by Crippen LogP contribution is 2.23. The fourth-order valence-electron chi connectivity index (χ4n) is 3.28. The second-order valence-corrected chi connectivity index (χ2v) is 8.59. The first-order valence-corrected chi connectivity index (χ1v) is 10.3. The number of aromatic nitrogens is 2. The van der Waals surface area contributed by atoms with E-state index in [2.05, 4.69) is 38.6 Å². The van der Waals surface area contributed by atoms with Gasteiger partial charge in [0.2, 0.25) is 11.9 Å². The molecule has 0 spiro atoms. The first-order chi connectivity index (χ1) is 15.2. The van der Waals surface area contributed by atoms with Crippen molar-refractivity contribution in [1.29, 1.82) is 5.26 Å². The van der Waals surface area contributed by atoms with Crippen LogP contribution in [0.4, 0.5) is 17.5 Å². The largest absolute Gasteiger partial charge is 0.348 e. The summed E-state index contributed by atoms with van der Waals surface area (Å²) in [5.74, 6) is 0.490. The SMILES string of the molecule is C=CC(=O)NC1CCN(c2ncc(C#N)c(Nc3ccc(C(=O)NC(C)(C)C)cc3)n2)C1. The van der Waals surface area contributed by atoms with Gasteiger partial charge in [0, 0.05) is 35.9 Å². The van der Waals surface area contributed by atoms with E-state index in [-0.39, 0.29) is 23.4 Å². The number of hydrogen-bond acceptors (Lipinski definition) is 7. The summed E-state index contributed by atoms with van der Waals surface area (Å²) in [6.07, 6.45) is 3.50. The molecule has 2 amide bonds. The highest BCUT2D eigenvalue weighted by Gasteiger charge is 2.26. The van der Waals surface area contributed by atoms with Crippen molar-refractivity contribution in [3.63, 3.8) is 0 Å². The third-order valence-corrected chi connectivity index (χ3v) is 4.80. The van der Waals surface area contributed by atoms with E-state index in [1.165, 1.54) is 12.3 Å². The Morgan fingerprint density at radius 3 is 2.62 bits per heavy atom. The van der Waals surface area contributed by atoms with E-state index in [0.717, 1.165) is 6.42 Å². The summed E-state index contributed by atoms with van der Waals surface area (Å²) in [6, 6.07) is 9.03. The molecule has 9 nitrogen and oxygen atoms in total. The molecule has 3 N–H and O–H groups in total. The number of anilines is 3. The third kappa shape index (κ3) is 5.82. The molecule has 3 rings (SSSR count). The molecule has 0 aliphatic carbocycles. The monoisotopic (exact) mass is 433 g/mol. The maximum atomic E-state index is 12.3. The summed E-state index contributed by atoms with van der Waals surface area (Å²) in [7, 11) is 0. The number of nitrogens with one attached hydrogen (secondary N) is 3. The van der Waals surface area contributed by atoms with Crippen molar-refractivity contribution in [2.24, 2.45) is 0 Å². The van der Waals surface area contributed by atoms with Crippen LogP contribution in [0.15, 0.2) is 43.1 Å². The Labute approximate surface area is 187 Å². The van der Waals surface area contributed by atoms with Gasteiger partial charge >= 0.3 is 0 Å². The number of carbonyl (C=O) groups excluding carboxylic acids is 2. The minimum atomic E-state index is -0.323. The molecule has 1 aromatic heterocycles. The third-order valence-electron chi connectivity index (χ3n) is 4.80. The van der Waals surface area contributed by atoms with Crippen molar-refractivity contribution in [2.75, 3.05) is 23.3 Å². The average molecular weight is 434 g/mol. The number of benzene rings is 1. The molecule has 0 saturated carbocycles. The first-order valence-electron chi connectivity index (χ1n) is 10.3. The molecule has 1 fully saturated rings. The van der Waals surface area contributed by atoms with Gasteiger partial charge in [0.1, 0.15) is 11.6 Å². The Hall–Kier alpha value is -3.93. The van der Waals surface area contributed by atoms with E-state index in [4.69, 9.17) is 0 Å². The van der Waals surface area contributed by atoms with E-state index in [0.29, 0.717) is 41.7 Å². The molecule has 2 heterocycles. The van der Waals surface area contributed by atoms with Crippen LogP contribution in [-0.4, -0.2) is 46.5 Å². The lowest BCUT2D eigenvalue weighted by atomic mass is 10.1. The Morgan fingerprint density at radius 2 is 2.00 bits per heavy atom.